The van der Waals surface area contributed by atoms with E-state index in [1.54, 1.807) is 0 Å². The molecular weight excluding hydrogens is 344 g/mol. The number of amides is 1. The van der Waals surface area contributed by atoms with E-state index in [1.165, 1.54) is 31.4 Å². The van der Waals surface area contributed by atoms with Crippen LogP contribution >= 0.6 is 0 Å². The second-order valence-electron chi connectivity index (χ2n) is 5.76. The lowest BCUT2D eigenvalue weighted by atomic mass is 10.2. The Labute approximate surface area is 149 Å². The van der Waals surface area contributed by atoms with Crippen LogP contribution in [0.5, 0.6) is 0 Å². The lowest BCUT2D eigenvalue weighted by Crippen LogP contribution is -2.46. The van der Waals surface area contributed by atoms with Gasteiger partial charge < -0.3 is 15.4 Å². The van der Waals surface area contributed by atoms with Gasteiger partial charge in [-0.3, -0.25) is 9.69 Å². The number of ether oxygens (including phenoxy) is 1. The molecule has 1 aromatic carbocycles. The molecule has 25 heavy (non-hydrogen) atoms. The summed E-state index contributed by atoms with van der Waals surface area (Å²) in [6, 6.07) is 5.90. The van der Waals surface area contributed by atoms with Crippen molar-refractivity contribution in [3.8, 4) is 0 Å². The Hall–Kier alpha value is -1.52. The van der Waals surface area contributed by atoms with Gasteiger partial charge in [-0.1, -0.05) is 0 Å². The van der Waals surface area contributed by atoms with Crippen LogP contribution in [0.2, 0.25) is 0 Å². The highest BCUT2D eigenvalue weighted by Gasteiger charge is 2.15. The maximum Gasteiger partial charge on any atom is 0.251 e. The summed E-state index contributed by atoms with van der Waals surface area (Å²) in [6.07, 6.45) is 0. The summed E-state index contributed by atoms with van der Waals surface area (Å²) in [5, 5.41) is 6.15. The lowest BCUT2D eigenvalue weighted by molar-refractivity contribution is 0.0947. The minimum atomic E-state index is -3.58. The van der Waals surface area contributed by atoms with Gasteiger partial charge in [-0.05, 0) is 24.3 Å². The molecule has 1 aliphatic rings. The van der Waals surface area contributed by atoms with Gasteiger partial charge in [0.1, 0.15) is 0 Å². The number of hydrogen-bond acceptors (Lipinski definition) is 6. The van der Waals surface area contributed by atoms with Crippen LogP contribution in [-0.2, 0) is 14.8 Å². The van der Waals surface area contributed by atoms with Crippen molar-refractivity contribution in [1.82, 2.24) is 20.3 Å². The topological polar surface area (TPSA) is 99.8 Å². The molecule has 1 amide bonds. The second-order valence-corrected chi connectivity index (χ2v) is 7.53. The zero-order valence-corrected chi connectivity index (χ0v) is 15.3. The summed E-state index contributed by atoms with van der Waals surface area (Å²) in [4.78, 5) is 14.6. The van der Waals surface area contributed by atoms with Gasteiger partial charge in [-0.25, -0.2) is 13.1 Å². The van der Waals surface area contributed by atoms with Gasteiger partial charge in [0.15, 0.2) is 0 Å². The van der Waals surface area contributed by atoms with Gasteiger partial charge in [-0.15, -0.1) is 0 Å². The summed E-state index contributed by atoms with van der Waals surface area (Å²) in [6.45, 7) is 5.79. The summed E-state index contributed by atoms with van der Waals surface area (Å²) < 4.78 is 31.4. The highest BCUT2D eigenvalue weighted by molar-refractivity contribution is 7.89. The molecule has 0 bridgehead atoms. The van der Waals surface area contributed by atoms with E-state index >= 15 is 0 Å². The first kappa shape index (κ1) is 19.8. The first-order chi connectivity index (χ1) is 12.0. The maximum atomic E-state index is 12.1. The maximum absolute atomic E-state index is 12.1. The molecule has 0 saturated carbocycles. The van der Waals surface area contributed by atoms with E-state index in [4.69, 9.17) is 4.74 Å². The van der Waals surface area contributed by atoms with Gasteiger partial charge in [-0.2, -0.15) is 0 Å². The molecule has 0 aliphatic carbocycles. The summed E-state index contributed by atoms with van der Waals surface area (Å²) >= 11 is 0. The number of sulfonamides is 1. The van der Waals surface area contributed by atoms with E-state index in [0.29, 0.717) is 18.7 Å². The van der Waals surface area contributed by atoms with Crippen LogP contribution in [0.4, 0.5) is 0 Å². The van der Waals surface area contributed by atoms with Gasteiger partial charge in [0.25, 0.3) is 5.91 Å². The molecular formula is C16H26N4O4S. The van der Waals surface area contributed by atoms with Gasteiger partial charge >= 0.3 is 0 Å². The fourth-order valence-corrected chi connectivity index (χ4v) is 3.52. The zero-order chi connectivity index (χ0) is 18.1. The molecule has 1 aromatic rings. The van der Waals surface area contributed by atoms with Crippen LogP contribution in [0.3, 0.4) is 0 Å². The smallest absolute Gasteiger partial charge is 0.251 e. The van der Waals surface area contributed by atoms with Gasteiger partial charge in [0, 0.05) is 58.5 Å². The molecule has 140 valence electrons. The predicted octanol–water partition coefficient (Wildman–Crippen LogP) is -0.754. The van der Waals surface area contributed by atoms with Crippen molar-refractivity contribution >= 4 is 15.9 Å². The lowest BCUT2D eigenvalue weighted by Gasteiger charge is -2.27. The molecule has 0 radical (unpaired) electrons. The Morgan fingerprint density at radius 1 is 1.20 bits per heavy atom. The van der Waals surface area contributed by atoms with E-state index in [1.807, 2.05) is 0 Å². The highest BCUT2D eigenvalue weighted by atomic mass is 32.2. The Morgan fingerprint density at radius 2 is 1.88 bits per heavy atom. The number of methoxy groups -OCH3 is 1. The number of piperazine rings is 1. The van der Waals surface area contributed by atoms with E-state index in [9.17, 15) is 13.2 Å². The molecule has 1 heterocycles. The Balaban J connectivity index is 1.82. The van der Waals surface area contributed by atoms with Crippen molar-refractivity contribution in [3.05, 3.63) is 29.8 Å². The monoisotopic (exact) mass is 370 g/mol. The number of carbonyl (C=O) groups excluding carboxylic acids is 1. The van der Waals surface area contributed by atoms with Crippen molar-refractivity contribution in [3.63, 3.8) is 0 Å². The largest absolute Gasteiger partial charge is 0.383 e. The molecule has 0 spiro atoms. The van der Waals surface area contributed by atoms with Gasteiger partial charge in [0.2, 0.25) is 10.0 Å². The molecule has 8 nitrogen and oxygen atoms in total. The average molecular weight is 370 g/mol. The first-order valence-corrected chi connectivity index (χ1v) is 9.81. The molecule has 0 unspecified atom stereocenters. The summed E-state index contributed by atoms with van der Waals surface area (Å²) in [5.41, 5.74) is 0.441. The quantitative estimate of drug-likeness (QED) is 0.495. The first-order valence-electron chi connectivity index (χ1n) is 8.33. The summed E-state index contributed by atoms with van der Waals surface area (Å²) in [5.74, 6) is -0.202. The van der Waals surface area contributed by atoms with E-state index < -0.39 is 10.0 Å². The average Bonchev–Trinajstić information content (AvgIpc) is 2.63. The van der Waals surface area contributed by atoms with Crippen molar-refractivity contribution in [1.29, 1.82) is 0 Å². The molecule has 1 saturated heterocycles. The van der Waals surface area contributed by atoms with Crippen molar-refractivity contribution in [2.45, 2.75) is 4.90 Å². The molecule has 1 fully saturated rings. The zero-order valence-electron chi connectivity index (χ0n) is 14.5. The molecule has 9 heteroatoms. The van der Waals surface area contributed by atoms with E-state index in [0.717, 1.165) is 32.7 Å². The number of benzene rings is 1. The molecule has 0 atom stereocenters. The van der Waals surface area contributed by atoms with Crippen LogP contribution in [0, 0.1) is 0 Å². The minimum Gasteiger partial charge on any atom is -0.383 e. The second kappa shape index (κ2) is 9.83. The highest BCUT2D eigenvalue weighted by Crippen LogP contribution is 2.10. The normalized spacial score (nSPS) is 15.9. The molecule has 0 aromatic heterocycles. The Bertz CT molecular complexity index is 643. The van der Waals surface area contributed by atoms with Crippen LogP contribution in [0.1, 0.15) is 10.4 Å². The van der Waals surface area contributed by atoms with E-state index in [-0.39, 0.29) is 17.3 Å². The van der Waals surface area contributed by atoms with Gasteiger partial charge in [0.05, 0.1) is 11.5 Å². The van der Waals surface area contributed by atoms with E-state index in [2.05, 4.69) is 20.3 Å². The Kier molecular flexibility index (Phi) is 7.79. The SMILES string of the molecule is COCCNS(=O)(=O)c1ccc(C(=O)NCCN2CCNCC2)cc1. The number of nitrogens with zero attached hydrogens (tertiary/aromatic N) is 1. The predicted molar refractivity (Wildman–Crippen MR) is 95.1 cm³/mol. The molecule has 3 N–H and O–H groups in total. The standard InChI is InChI=1S/C16H26N4O4S/c1-24-13-9-19-25(22,23)15-4-2-14(3-5-15)16(21)18-8-12-20-10-6-17-7-11-20/h2-5,17,19H,6-13H2,1H3,(H,18,21). The summed E-state index contributed by atoms with van der Waals surface area (Å²) in [7, 11) is -2.08. The third-order valence-corrected chi connectivity index (χ3v) is 5.43. The Morgan fingerprint density at radius 3 is 2.52 bits per heavy atom. The van der Waals surface area contributed by atoms with Crippen LogP contribution in [-0.4, -0.2) is 78.8 Å². The minimum absolute atomic E-state index is 0.126. The number of rotatable bonds is 9. The molecule has 1 aliphatic heterocycles. The number of carbonyl (C=O) groups is 1. The van der Waals surface area contributed by atoms with Crippen molar-refractivity contribution in [2.24, 2.45) is 0 Å². The van der Waals surface area contributed by atoms with Crippen LogP contribution in [0.25, 0.3) is 0 Å². The third-order valence-electron chi connectivity index (χ3n) is 3.95. The molecule has 2 rings (SSSR count). The van der Waals surface area contributed by atoms with Crippen LogP contribution in [0.15, 0.2) is 29.2 Å². The van der Waals surface area contributed by atoms with Crippen LogP contribution < -0.4 is 15.4 Å². The number of nitrogens with one attached hydrogen (secondary N) is 3. The van der Waals surface area contributed by atoms with Crippen molar-refractivity contribution < 1.29 is 17.9 Å². The third kappa shape index (κ3) is 6.37. The fourth-order valence-electron chi connectivity index (χ4n) is 2.51. The number of hydrogen-bond donors (Lipinski definition) is 3. The van der Waals surface area contributed by atoms with Crippen molar-refractivity contribution in [2.75, 3.05) is 59.5 Å². The fraction of sp³-hybridized carbons (Fsp3) is 0.562.